The van der Waals surface area contributed by atoms with Crippen molar-refractivity contribution in [3.05, 3.63) is 35.4 Å². The van der Waals surface area contributed by atoms with Gasteiger partial charge in [0.15, 0.2) is 0 Å². The lowest BCUT2D eigenvalue weighted by Gasteiger charge is -2.05. The topological polar surface area (TPSA) is 12.0 Å². The Bertz CT molecular complexity index is 286. The molecule has 0 saturated heterocycles. The summed E-state index contributed by atoms with van der Waals surface area (Å²) in [5, 5.41) is 3.50. The average molecular weight is 237 g/mol. The molecule has 0 atom stereocenters. The molecule has 1 rings (SSSR count). The third-order valence-electron chi connectivity index (χ3n) is 2.52. The molecule has 1 N–H and O–H groups in total. The number of nitrogens with one attached hydrogen (secondary N) is 1. The first-order valence-electron chi connectivity index (χ1n) is 6.17. The van der Waals surface area contributed by atoms with Crippen molar-refractivity contribution in [2.75, 3.05) is 24.6 Å². The van der Waals surface area contributed by atoms with Crippen LogP contribution in [0.5, 0.6) is 0 Å². The molecule has 0 aliphatic carbocycles. The van der Waals surface area contributed by atoms with Crippen molar-refractivity contribution >= 4 is 11.8 Å². The Morgan fingerprint density at radius 2 is 2.12 bits per heavy atom. The van der Waals surface area contributed by atoms with Gasteiger partial charge in [-0.2, -0.15) is 11.8 Å². The van der Waals surface area contributed by atoms with Gasteiger partial charge < -0.3 is 5.32 Å². The number of hydrogen-bond acceptors (Lipinski definition) is 2. The standard InChI is InChI=1S/C14H23NS/c1-3-16-11-5-9-15-10-8-14-7-4-6-13(2)12-14/h4,6-7,12,15H,3,5,8-11H2,1-2H3. The zero-order valence-electron chi connectivity index (χ0n) is 10.5. The Balaban J connectivity index is 2.03. The Labute approximate surface area is 104 Å². The lowest BCUT2D eigenvalue weighted by molar-refractivity contribution is 0.674. The molecule has 0 spiro atoms. The highest BCUT2D eigenvalue weighted by molar-refractivity contribution is 7.99. The minimum atomic E-state index is 1.10. The molecule has 0 heterocycles. The van der Waals surface area contributed by atoms with E-state index in [-0.39, 0.29) is 0 Å². The summed E-state index contributed by atoms with van der Waals surface area (Å²) in [6.07, 6.45) is 2.43. The highest BCUT2D eigenvalue weighted by atomic mass is 32.2. The van der Waals surface area contributed by atoms with Crippen molar-refractivity contribution in [1.29, 1.82) is 0 Å². The Hall–Kier alpha value is -0.470. The van der Waals surface area contributed by atoms with E-state index in [2.05, 4.69) is 43.4 Å². The van der Waals surface area contributed by atoms with Crippen molar-refractivity contribution in [3.63, 3.8) is 0 Å². The summed E-state index contributed by atoms with van der Waals surface area (Å²) in [5.41, 5.74) is 2.80. The number of hydrogen-bond donors (Lipinski definition) is 1. The van der Waals surface area contributed by atoms with E-state index in [1.165, 1.54) is 29.1 Å². The first kappa shape index (κ1) is 13.6. The molecule has 0 saturated carbocycles. The van der Waals surface area contributed by atoms with E-state index in [0.717, 1.165) is 19.5 Å². The van der Waals surface area contributed by atoms with Crippen molar-refractivity contribution < 1.29 is 0 Å². The maximum atomic E-state index is 3.50. The molecule has 2 heteroatoms. The molecular formula is C14H23NS. The molecule has 1 nitrogen and oxygen atoms in total. The molecule has 0 aliphatic heterocycles. The van der Waals surface area contributed by atoms with E-state index in [1.54, 1.807) is 0 Å². The maximum absolute atomic E-state index is 3.50. The van der Waals surface area contributed by atoms with Gasteiger partial charge >= 0.3 is 0 Å². The minimum Gasteiger partial charge on any atom is -0.316 e. The lowest BCUT2D eigenvalue weighted by Crippen LogP contribution is -2.19. The zero-order valence-corrected chi connectivity index (χ0v) is 11.3. The first-order valence-corrected chi connectivity index (χ1v) is 7.32. The van der Waals surface area contributed by atoms with Crippen LogP contribution in [0.25, 0.3) is 0 Å². The third kappa shape index (κ3) is 6.19. The van der Waals surface area contributed by atoms with Crippen LogP contribution in [0.2, 0.25) is 0 Å². The molecule has 0 unspecified atom stereocenters. The Morgan fingerprint density at radius 3 is 2.88 bits per heavy atom. The zero-order chi connectivity index (χ0) is 11.6. The quantitative estimate of drug-likeness (QED) is 0.696. The molecule has 0 aromatic heterocycles. The van der Waals surface area contributed by atoms with Gasteiger partial charge in [0.05, 0.1) is 0 Å². The largest absolute Gasteiger partial charge is 0.316 e. The summed E-state index contributed by atoms with van der Waals surface area (Å²) >= 11 is 2.02. The van der Waals surface area contributed by atoms with Crippen molar-refractivity contribution in [2.24, 2.45) is 0 Å². The highest BCUT2D eigenvalue weighted by Gasteiger charge is 1.93. The molecule has 16 heavy (non-hydrogen) atoms. The van der Waals surface area contributed by atoms with Gasteiger partial charge in [0.2, 0.25) is 0 Å². The van der Waals surface area contributed by atoms with Gasteiger partial charge in [-0.15, -0.1) is 0 Å². The van der Waals surface area contributed by atoms with Gasteiger partial charge in [-0.3, -0.25) is 0 Å². The van der Waals surface area contributed by atoms with Crippen molar-refractivity contribution in [1.82, 2.24) is 5.32 Å². The second kappa shape index (κ2) is 8.66. The maximum Gasteiger partial charge on any atom is -0.000834 e. The fourth-order valence-electron chi connectivity index (χ4n) is 1.67. The monoisotopic (exact) mass is 237 g/mol. The van der Waals surface area contributed by atoms with E-state index in [0.29, 0.717) is 0 Å². The summed E-state index contributed by atoms with van der Waals surface area (Å²) < 4.78 is 0. The molecule has 90 valence electrons. The van der Waals surface area contributed by atoms with E-state index in [1.807, 2.05) is 11.8 Å². The second-order valence-electron chi connectivity index (χ2n) is 4.04. The number of benzene rings is 1. The molecule has 0 radical (unpaired) electrons. The molecule has 0 bridgehead atoms. The molecular weight excluding hydrogens is 214 g/mol. The number of thioether (sulfide) groups is 1. The van der Waals surface area contributed by atoms with Crippen LogP contribution < -0.4 is 5.32 Å². The second-order valence-corrected chi connectivity index (χ2v) is 5.43. The Kier molecular flexibility index (Phi) is 7.35. The Morgan fingerprint density at radius 1 is 1.25 bits per heavy atom. The van der Waals surface area contributed by atoms with Gasteiger partial charge in [0.1, 0.15) is 0 Å². The fraction of sp³-hybridized carbons (Fsp3) is 0.571. The van der Waals surface area contributed by atoms with Crippen LogP contribution in [-0.4, -0.2) is 24.6 Å². The lowest BCUT2D eigenvalue weighted by atomic mass is 10.1. The number of aryl methyl sites for hydroxylation is 1. The predicted octanol–water partition coefficient (Wildman–Crippen LogP) is 3.27. The van der Waals surface area contributed by atoms with E-state index >= 15 is 0 Å². The molecule has 0 amide bonds. The van der Waals surface area contributed by atoms with Gasteiger partial charge in [-0.25, -0.2) is 0 Å². The van der Waals surface area contributed by atoms with Crippen molar-refractivity contribution in [3.8, 4) is 0 Å². The van der Waals surface area contributed by atoms with Gasteiger partial charge in [0, 0.05) is 0 Å². The van der Waals surface area contributed by atoms with Crippen LogP contribution in [0.15, 0.2) is 24.3 Å². The van der Waals surface area contributed by atoms with Crippen LogP contribution in [0, 0.1) is 6.92 Å². The van der Waals surface area contributed by atoms with Crippen LogP contribution in [0.3, 0.4) is 0 Å². The average Bonchev–Trinajstić information content (AvgIpc) is 2.28. The van der Waals surface area contributed by atoms with Crippen LogP contribution in [-0.2, 0) is 6.42 Å². The van der Waals surface area contributed by atoms with Crippen LogP contribution in [0.1, 0.15) is 24.5 Å². The van der Waals surface area contributed by atoms with Crippen LogP contribution >= 0.6 is 11.8 Å². The van der Waals surface area contributed by atoms with E-state index < -0.39 is 0 Å². The highest BCUT2D eigenvalue weighted by Crippen LogP contribution is 2.04. The summed E-state index contributed by atoms with van der Waals surface area (Å²) in [6, 6.07) is 8.78. The summed E-state index contributed by atoms with van der Waals surface area (Å²) in [4.78, 5) is 0. The van der Waals surface area contributed by atoms with Crippen LogP contribution in [0.4, 0.5) is 0 Å². The van der Waals surface area contributed by atoms with Crippen molar-refractivity contribution in [2.45, 2.75) is 26.7 Å². The summed E-state index contributed by atoms with van der Waals surface area (Å²) in [6.45, 7) is 6.62. The third-order valence-corrected chi connectivity index (χ3v) is 3.50. The molecule has 0 aliphatic rings. The molecule has 1 aromatic rings. The smallest absolute Gasteiger partial charge is 0.000834 e. The molecule has 1 aromatic carbocycles. The number of rotatable bonds is 8. The van der Waals surface area contributed by atoms with E-state index in [4.69, 9.17) is 0 Å². The summed E-state index contributed by atoms with van der Waals surface area (Å²) in [7, 11) is 0. The summed E-state index contributed by atoms with van der Waals surface area (Å²) in [5.74, 6) is 2.53. The van der Waals surface area contributed by atoms with Gasteiger partial charge in [-0.05, 0) is 49.9 Å². The normalized spacial score (nSPS) is 10.6. The minimum absolute atomic E-state index is 1.10. The van der Waals surface area contributed by atoms with Gasteiger partial charge in [-0.1, -0.05) is 36.8 Å². The molecule has 0 fully saturated rings. The predicted molar refractivity (Wildman–Crippen MR) is 75.4 cm³/mol. The first-order chi connectivity index (χ1) is 7.83. The SMILES string of the molecule is CCSCCCNCCc1cccc(C)c1. The van der Waals surface area contributed by atoms with E-state index in [9.17, 15) is 0 Å². The van der Waals surface area contributed by atoms with Gasteiger partial charge in [0.25, 0.3) is 0 Å². The fourth-order valence-corrected chi connectivity index (χ4v) is 2.31.